The van der Waals surface area contributed by atoms with Gasteiger partial charge in [-0.05, 0) is 69.6 Å². The van der Waals surface area contributed by atoms with Gasteiger partial charge in [0.2, 0.25) is 0 Å². The van der Waals surface area contributed by atoms with Crippen molar-refractivity contribution in [2.45, 2.75) is 57.6 Å². The molecule has 2 fully saturated rings. The summed E-state index contributed by atoms with van der Waals surface area (Å²) < 4.78 is 11.4. The Morgan fingerprint density at radius 3 is 2.19 bits per heavy atom. The van der Waals surface area contributed by atoms with Crippen molar-refractivity contribution in [1.29, 1.82) is 0 Å². The third-order valence-electron chi connectivity index (χ3n) is 5.68. The number of hydrogen-bond donors (Lipinski definition) is 1. The number of piperidine rings is 1. The van der Waals surface area contributed by atoms with Crippen molar-refractivity contribution in [3.63, 3.8) is 0 Å². The molecule has 3 rings (SSSR count). The molecule has 0 aromatic heterocycles. The van der Waals surface area contributed by atoms with E-state index in [0.717, 1.165) is 31.1 Å². The minimum Gasteiger partial charge on any atom is -0.493 e. The minimum atomic E-state index is -0.470. The molecule has 1 atom stereocenters. The van der Waals surface area contributed by atoms with Crippen LogP contribution >= 0.6 is 0 Å². The van der Waals surface area contributed by atoms with E-state index in [0.29, 0.717) is 13.2 Å². The van der Waals surface area contributed by atoms with Gasteiger partial charge in [-0.2, -0.15) is 0 Å². The number of benzene rings is 1. The van der Waals surface area contributed by atoms with E-state index in [1.54, 1.807) is 7.11 Å². The first-order chi connectivity index (χ1) is 13.2. The number of β-amino-alcohol motifs (C(OH)–C–C–N with tert-alkyl or cyclic N) is 1. The van der Waals surface area contributed by atoms with Crippen LogP contribution in [-0.2, 0) is 6.54 Å². The minimum absolute atomic E-state index is 0.306. The summed E-state index contributed by atoms with van der Waals surface area (Å²) in [5, 5.41) is 10.4. The molecule has 152 valence electrons. The van der Waals surface area contributed by atoms with Gasteiger partial charge in [-0.1, -0.05) is 25.3 Å². The lowest BCUT2D eigenvalue weighted by Crippen LogP contribution is -2.38. The second-order valence-corrected chi connectivity index (χ2v) is 8.00. The van der Waals surface area contributed by atoms with Gasteiger partial charge >= 0.3 is 0 Å². The molecule has 0 amide bonds. The number of nitrogens with zero attached hydrogens (tertiary/aromatic N) is 2. The highest BCUT2D eigenvalue weighted by molar-refractivity contribution is 5.43. The van der Waals surface area contributed by atoms with Crippen LogP contribution in [0.2, 0.25) is 0 Å². The summed E-state index contributed by atoms with van der Waals surface area (Å²) in [6.45, 7) is 6.48. The van der Waals surface area contributed by atoms with Gasteiger partial charge in [0.25, 0.3) is 0 Å². The van der Waals surface area contributed by atoms with Gasteiger partial charge in [0, 0.05) is 13.1 Å². The van der Waals surface area contributed by atoms with E-state index in [2.05, 4.69) is 21.9 Å². The molecule has 2 heterocycles. The maximum Gasteiger partial charge on any atom is 0.161 e. The zero-order valence-corrected chi connectivity index (χ0v) is 16.9. The van der Waals surface area contributed by atoms with Crippen molar-refractivity contribution < 1.29 is 14.6 Å². The average Bonchev–Trinajstić information content (AvgIpc) is 2.96. The molecule has 1 N–H and O–H groups in total. The van der Waals surface area contributed by atoms with E-state index in [4.69, 9.17) is 9.47 Å². The third kappa shape index (κ3) is 6.66. The summed E-state index contributed by atoms with van der Waals surface area (Å²) in [4.78, 5) is 4.87. The zero-order chi connectivity index (χ0) is 18.9. The molecule has 0 unspecified atom stereocenters. The van der Waals surface area contributed by atoms with E-state index in [1.165, 1.54) is 63.6 Å². The Labute approximate surface area is 164 Å². The van der Waals surface area contributed by atoms with Crippen LogP contribution < -0.4 is 9.47 Å². The largest absolute Gasteiger partial charge is 0.493 e. The summed E-state index contributed by atoms with van der Waals surface area (Å²) >= 11 is 0. The Hall–Kier alpha value is -1.30. The second-order valence-electron chi connectivity index (χ2n) is 8.00. The van der Waals surface area contributed by atoms with Gasteiger partial charge in [-0.3, -0.25) is 4.90 Å². The standard InChI is InChI=1S/C22H36N2O3/c1-26-21-10-9-19(16-23-11-5-2-3-6-12-23)15-22(21)27-18-20(25)17-24-13-7-4-8-14-24/h9-10,15,20,25H,2-8,11-14,16-18H2,1H3/t20-/m0/s1. The number of ether oxygens (including phenoxy) is 2. The van der Waals surface area contributed by atoms with Gasteiger partial charge in [-0.15, -0.1) is 0 Å². The molecule has 2 aliphatic heterocycles. The number of aliphatic hydroxyl groups excluding tert-OH is 1. The van der Waals surface area contributed by atoms with Gasteiger partial charge in [0.1, 0.15) is 12.7 Å². The van der Waals surface area contributed by atoms with Crippen molar-refractivity contribution in [2.24, 2.45) is 0 Å². The van der Waals surface area contributed by atoms with E-state index >= 15 is 0 Å². The molecule has 0 bridgehead atoms. The van der Waals surface area contributed by atoms with Crippen LogP contribution in [0.1, 0.15) is 50.5 Å². The lowest BCUT2D eigenvalue weighted by molar-refractivity contribution is 0.0608. The maximum atomic E-state index is 10.4. The van der Waals surface area contributed by atoms with Crippen LogP contribution in [-0.4, -0.2) is 67.5 Å². The Kier molecular flexibility index (Phi) is 8.24. The Morgan fingerprint density at radius 2 is 1.52 bits per heavy atom. The van der Waals surface area contributed by atoms with Gasteiger partial charge in [0.05, 0.1) is 7.11 Å². The molecule has 2 saturated heterocycles. The molecule has 2 aliphatic rings. The summed E-state index contributed by atoms with van der Waals surface area (Å²) in [5.74, 6) is 1.47. The fourth-order valence-corrected chi connectivity index (χ4v) is 4.16. The molecule has 1 aromatic rings. The highest BCUT2D eigenvalue weighted by Gasteiger charge is 2.17. The van der Waals surface area contributed by atoms with Crippen LogP contribution in [0.25, 0.3) is 0 Å². The average molecular weight is 377 g/mol. The Bertz CT molecular complexity index is 552. The molecular weight excluding hydrogens is 340 g/mol. The molecule has 5 nitrogen and oxygen atoms in total. The molecular formula is C22H36N2O3. The molecule has 27 heavy (non-hydrogen) atoms. The van der Waals surface area contributed by atoms with Crippen molar-refractivity contribution in [2.75, 3.05) is 46.4 Å². The number of likely N-dealkylation sites (tertiary alicyclic amines) is 2. The van der Waals surface area contributed by atoms with E-state index in [-0.39, 0.29) is 0 Å². The monoisotopic (exact) mass is 376 g/mol. The smallest absolute Gasteiger partial charge is 0.161 e. The fourth-order valence-electron chi connectivity index (χ4n) is 4.16. The lowest BCUT2D eigenvalue weighted by Gasteiger charge is -2.28. The predicted molar refractivity (Wildman–Crippen MR) is 109 cm³/mol. The number of aliphatic hydroxyl groups is 1. The molecule has 0 saturated carbocycles. The first-order valence-corrected chi connectivity index (χ1v) is 10.7. The molecule has 0 radical (unpaired) electrons. The summed E-state index contributed by atoms with van der Waals surface area (Å²) in [7, 11) is 1.67. The van der Waals surface area contributed by atoms with Crippen LogP contribution in [0, 0.1) is 0 Å². The highest BCUT2D eigenvalue weighted by Crippen LogP contribution is 2.29. The number of methoxy groups -OCH3 is 1. The van der Waals surface area contributed by atoms with Crippen LogP contribution in [0.3, 0.4) is 0 Å². The summed E-state index contributed by atoms with van der Waals surface area (Å²) in [6, 6.07) is 6.19. The lowest BCUT2D eigenvalue weighted by atomic mass is 10.1. The zero-order valence-electron chi connectivity index (χ0n) is 16.9. The van der Waals surface area contributed by atoms with Crippen LogP contribution in [0.4, 0.5) is 0 Å². The van der Waals surface area contributed by atoms with E-state index in [9.17, 15) is 5.11 Å². The first-order valence-electron chi connectivity index (χ1n) is 10.7. The van der Waals surface area contributed by atoms with Crippen LogP contribution in [0.15, 0.2) is 18.2 Å². The fraction of sp³-hybridized carbons (Fsp3) is 0.727. The Balaban J connectivity index is 1.54. The predicted octanol–water partition coefficient (Wildman–Crippen LogP) is 3.30. The third-order valence-corrected chi connectivity index (χ3v) is 5.68. The second kappa shape index (κ2) is 10.9. The van der Waals surface area contributed by atoms with Gasteiger partial charge in [-0.25, -0.2) is 0 Å². The molecule has 0 spiro atoms. The van der Waals surface area contributed by atoms with Crippen molar-refractivity contribution in [1.82, 2.24) is 9.80 Å². The van der Waals surface area contributed by atoms with E-state index < -0.39 is 6.10 Å². The van der Waals surface area contributed by atoms with Gasteiger partial charge < -0.3 is 19.5 Å². The molecule has 1 aromatic carbocycles. The van der Waals surface area contributed by atoms with Gasteiger partial charge in [0.15, 0.2) is 11.5 Å². The van der Waals surface area contributed by atoms with Crippen molar-refractivity contribution in [3.8, 4) is 11.5 Å². The normalized spacial score (nSPS) is 20.8. The number of rotatable bonds is 8. The highest BCUT2D eigenvalue weighted by atomic mass is 16.5. The topological polar surface area (TPSA) is 45.2 Å². The quantitative estimate of drug-likeness (QED) is 0.754. The molecule has 0 aliphatic carbocycles. The molecule has 5 heteroatoms. The van der Waals surface area contributed by atoms with Crippen molar-refractivity contribution in [3.05, 3.63) is 23.8 Å². The number of hydrogen-bond acceptors (Lipinski definition) is 5. The summed E-state index contributed by atoms with van der Waals surface area (Å²) in [6.07, 6.45) is 8.60. The maximum absolute atomic E-state index is 10.4. The van der Waals surface area contributed by atoms with E-state index in [1.807, 2.05) is 6.07 Å². The first kappa shape index (κ1) is 20.4. The van der Waals surface area contributed by atoms with Crippen LogP contribution in [0.5, 0.6) is 11.5 Å². The SMILES string of the molecule is COc1ccc(CN2CCCCCC2)cc1OC[C@@H](O)CN1CCCCC1. The Morgan fingerprint density at radius 1 is 0.889 bits per heavy atom. The summed E-state index contributed by atoms with van der Waals surface area (Å²) in [5.41, 5.74) is 1.25. The van der Waals surface area contributed by atoms with Crippen molar-refractivity contribution >= 4 is 0 Å².